The van der Waals surface area contributed by atoms with Crippen LogP contribution in [-0.2, 0) is 10.2 Å². The second kappa shape index (κ2) is 8.57. The summed E-state index contributed by atoms with van der Waals surface area (Å²) < 4.78 is 11.3. The van der Waals surface area contributed by atoms with Crippen LogP contribution in [0.5, 0.6) is 11.5 Å². The Morgan fingerprint density at radius 2 is 1.26 bits per heavy atom. The molecular formula is C23H30O4. The number of aliphatic hydroxyl groups is 1. The molecule has 0 heterocycles. The molecule has 0 amide bonds. The Morgan fingerprint density at radius 1 is 0.852 bits per heavy atom. The number of carbonyl (C=O) groups excluding carboxylic acids is 1. The van der Waals surface area contributed by atoms with Gasteiger partial charge in [-0.05, 0) is 61.1 Å². The zero-order valence-corrected chi connectivity index (χ0v) is 17.2. The van der Waals surface area contributed by atoms with E-state index in [-0.39, 0.29) is 18.6 Å². The van der Waals surface area contributed by atoms with Gasteiger partial charge in [-0.25, -0.2) is 0 Å². The molecule has 0 atom stereocenters. The normalized spacial score (nSPS) is 11.4. The highest BCUT2D eigenvalue weighted by Crippen LogP contribution is 2.38. The number of benzene rings is 2. The Hall–Kier alpha value is -2.33. The first-order valence-electron chi connectivity index (χ1n) is 9.26. The van der Waals surface area contributed by atoms with E-state index in [1.165, 1.54) is 11.1 Å². The number of carbonyl (C=O) groups is 1. The summed E-state index contributed by atoms with van der Waals surface area (Å²) in [5, 5.41) is 9.02. The average Bonchev–Trinajstić information content (AvgIpc) is 2.60. The quantitative estimate of drug-likeness (QED) is 0.708. The number of aliphatic hydroxyl groups excluding tert-OH is 1. The van der Waals surface area contributed by atoms with Crippen molar-refractivity contribution in [3.63, 3.8) is 0 Å². The molecule has 0 aliphatic rings. The standard InChI is InChI=1S/C23H30O4/c1-15-11-19(12-16(2)21(15)26-9-7-24)23(5,6)20-13-17(3)22(18(4)14-20)27-10-8-25/h7,11-14,25H,8-10H2,1-6H3. The molecule has 0 aliphatic carbocycles. The molecule has 4 heteroatoms. The Morgan fingerprint density at radius 3 is 1.63 bits per heavy atom. The molecule has 27 heavy (non-hydrogen) atoms. The van der Waals surface area contributed by atoms with Crippen LogP contribution in [0.4, 0.5) is 0 Å². The predicted octanol–water partition coefficient (Wildman–Crippen LogP) is 4.19. The van der Waals surface area contributed by atoms with Crippen LogP contribution in [0.25, 0.3) is 0 Å². The molecule has 0 bridgehead atoms. The van der Waals surface area contributed by atoms with Gasteiger partial charge in [0.25, 0.3) is 0 Å². The van der Waals surface area contributed by atoms with Crippen LogP contribution in [0.2, 0.25) is 0 Å². The molecule has 0 spiro atoms. The number of rotatable bonds is 8. The van der Waals surface area contributed by atoms with E-state index in [1.54, 1.807) is 0 Å². The third-order valence-electron chi connectivity index (χ3n) is 5.00. The van der Waals surface area contributed by atoms with Crippen molar-refractivity contribution in [3.05, 3.63) is 57.6 Å². The number of aldehydes is 1. The van der Waals surface area contributed by atoms with E-state index in [4.69, 9.17) is 14.6 Å². The van der Waals surface area contributed by atoms with E-state index in [9.17, 15) is 4.79 Å². The maximum absolute atomic E-state index is 10.6. The van der Waals surface area contributed by atoms with Crippen LogP contribution in [0.3, 0.4) is 0 Å². The highest BCUT2D eigenvalue weighted by atomic mass is 16.5. The second-order valence-corrected chi connectivity index (χ2v) is 7.55. The van der Waals surface area contributed by atoms with E-state index in [0.29, 0.717) is 6.61 Å². The topological polar surface area (TPSA) is 55.8 Å². The summed E-state index contributed by atoms with van der Waals surface area (Å²) in [5.41, 5.74) is 6.36. The molecule has 0 radical (unpaired) electrons. The minimum absolute atomic E-state index is 0.00318. The first-order valence-corrected chi connectivity index (χ1v) is 9.26. The van der Waals surface area contributed by atoms with Gasteiger partial charge in [-0.15, -0.1) is 0 Å². The fourth-order valence-electron chi connectivity index (χ4n) is 3.51. The third-order valence-corrected chi connectivity index (χ3v) is 5.00. The van der Waals surface area contributed by atoms with E-state index in [0.717, 1.165) is 40.0 Å². The fourth-order valence-corrected chi connectivity index (χ4v) is 3.51. The molecule has 0 aliphatic heterocycles. The van der Waals surface area contributed by atoms with Crippen molar-refractivity contribution in [1.29, 1.82) is 0 Å². The van der Waals surface area contributed by atoms with Gasteiger partial charge in [-0.2, -0.15) is 0 Å². The third kappa shape index (κ3) is 4.51. The van der Waals surface area contributed by atoms with Gasteiger partial charge in [0.05, 0.1) is 6.61 Å². The van der Waals surface area contributed by atoms with E-state index in [2.05, 4.69) is 38.1 Å². The van der Waals surface area contributed by atoms with Gasteiger partial charge in [0, 0.05) is 5.41 Å². The lowest BCUT2D eigenvalue weighted by Gasteiger charge is -2.29. The van der Waals surface area contributed by atoms with Gasteiger partial charge in [-0.3, -0.25) is 4.79 Å². The summed E-state index contributed by atoms with van der Waals surface area (Å²) in [5.74, 6) is 1.62. The van der Waals surface area contributed by atoms with Crippen LogP contribution in [-0.4, -0.2) is 31.2 Å². The van der Waals surface area contributed by atoms with Crippen molar-refractivity contribution in [2.75, 3.05) is 19.8 Å². The van der Waals surface area contributed by atoms with Gasteiger partial charge < -0.3 is 14.6 Å². The van der Waals surface area contributed by atoms with Crippen molar-refractivity contribution >= 4 is 6.29 Å². The van der Waals surface area contributed by atoms with Crippen LogP contribution in [0, 0.1) is 27.7 Å². The fraction of sp³-hybridized carbons (Fsp3) is 0.435. The van der Waals surface area contributed by atoms with Crippen molar-refractivity contribution < 1.29 is 19.4 Å². The Bertz CT molecular complexity index is 775. The van der Waals surface area contributed by atoms with Gasteiger partial charge in [0.2, 0.25) is 0 Å². The molecule has 146 valence electrons. The summed E-state index contributed by atoms with van der Waals surface area (Å²) >= 11 is 0. The van der Waals surface area contributed by atoms with Crippen molar-refractivity contribution in [3.8, 4) is 11.5 Å². The second-order valence-electron chi connectivity index (χ2n) is 7.55. The smallest absolute Gasteiger partial charge is 0.157 e. The monoisotopic (exact) mass is 370 g/mol. The zero-order valence-electron chi connectivity index (χ0n) is 17.2. The maximum atomic E-state index is 10.6. The first-order chi connectivity index (χ1) is 12.7. The van der Waals surface area contributed by atoms with Crippen molar-refractivity contribution in [2.24, 2.45) is 0 Å². The lowest BCUT2D eigenvalue weighted by molar-refractivity contribution is -0.109. The Kier molecular flexibility index (Phi) is 6.66. The molecule has 0 saturated carbocycles. The SMILES string of the molecule is Cc1cc(C(C)(C)c2cc(C)c(OCCO)c(C)c2)cc(C)c1OCC=O. The minimum Gasteiger partial charge on any atom is -0.491 e. The number of hydrogen-bond donors (Lipinski definition) is 1. The van der Waals surface area contributed by atoms with Crippen molar-refractivity contribution in [1.82, 2.24) is 0 Å². The Balaban J connectivity index is 2.45. The molecule has 0 aromatic heterocycles. The molecule has 2 aromatic carbocycles. The highest BCUT2D eigenvalue weighted by molar-refractivity contribution is 5.54. The van der Waals surface area contributed by atoms with E-state index < -0.39 is 0 Å². The summed E-state index contributed by atoms with van der Waals surface area (Å²) in [6.07, 6.45) is 0.767. The number of ether oxygens (including phenoxy) is 2. The molecule has 2 aromatic rings. The molecule has 0 unspecified atom stereocenters. The zero-order chi connectivity index (χ0) is 20.2. The van der Waals surface area contributed by atoms with Gasteiger partial charge >= 0.3 is 0 Å². The number of hydrogen-bond acceptors (Lipinski definition) is 4. The molecule has 4 nitrogen and oxygen atoms in total. The van der Waals surface area contributed by atoms with Gasteiger partial charge in [0.1, 0.15) is 24.7 Å². The summed E-state index contributed by atoms with van der Waals surface area (Å²) in [6.45, 7) is 12.9. The van der Waals surface area contributed by atoms with Crippen LogP contribution in [0.15, 0.2) is 24.3 Å². The van der Waals surface area contributed by atoms with E-state index >= 15 is 0 Å². The summed E-state index contributed by atoms with van der Waals surface area (Å²) in [7, 11) is 0. The highest BCUT2D eigenvalue weighted by Gasteiger charge is 2.26. The maximum Gasteiger partial charge on any atom is 0.157 e. The van der Waals surface area contributed by atoms with Crippen LogP contribution in [0.1, 0.15) is 47.2 Å². The average molecular weight is 370 g/mol. The molecule has 0 saturated heterocycles. The predicted molar refractivity (Wildman–Crippen MR) is 108 cm³/mol. The lowest BCUT2D eigenvalue weighted by atomic mass is 9.76. The summed E-state index contributed by atoms with van der Waals surface area (Å²) in [6, 6.07) is 8.57. The molecule has 2 rings (SSSR count). The molecule has 0 fully saturated rings. The summed E-state index contributed by atoms with van der Waals surface area (Å²) in [4.78, 5) is 10.6. The van der Waals surface area contributed by atoms with Crippen molar-refractivity contribution in [2.45, 2.75) is 47.0 Å². The number of aryl methyl sites for hydroxylation is 4. The Labute approximate surface area is 162 Å². The molecular weight excluding hydrogens is 340 g/mol. The first kappa shape index (κ1) is 21.0. The van der Waals surface area contributed by atoms with Crippen LogP contribution >= 0.6 is 0 Å². The lowest BCUT2D eigenvalue weighted by Crippen LogP contribution is -2.20. The van der Waals surface area contributed by atoms with Gasteiger partial charge in [-0.1, -0.05) is 38.1 Å². The minimum atomic E-state index is -0.205. The largest absolute Gasteiger partial charge is 0.491 e. The van der Waals surface area contributed by atoms with Crippen LogP contribution < -0.4 is 9.47 Å². The van der Waals surface area contributed by atoms with Gasteiger partial charge in [0.15, 0.2) is 6.29 Å². The van der Waals surface area contributed by atoms with E-state index in [1.807, 2.05) is 27.7 Å². The molecule has 1 N–H and O–H groups in total.